The molecule has 18 heavy (non-hydrogen) atoms. The van der Waals surface area contributed by atoms with Crippen molar-refractivity contribution < 1.29 is 29.0 Å². The number of ether oxygens (including phenoxy) is 1. The number of nitrogens with two attached hydrogens (primary N) is 1. The molecular weight excluding hydrogens is 240 g/mol. The van der Waals surface area contributed by atoms with Crippen LogP contribution in [0.15, 0.2) is 0 Å². The first-order chi connectivity index (χ1) is 8.06. The molecule has 0 heterocycles. The number of aliphatic hydroxyl groups excluding tert-OH is 2. The molecule has 0 aliphatic carbocycles. The monoisotopic (exact) mass is 263 g/mol. The number of likely N-dealkylation sites (N-methyl/N-ethyl adjacent to an activating group) is 1. The summed E-state index contributed by atoms with van der Waals surface area (Å²) in [6.07, 6.45) is -3.15. The van der Waals surface area contributed by atoms with Crippen LogP contribution >= 0.6 is 0 Å². The van der Waals surface area contributed by atoms with Crippen LogP contribution in [0.3, 0.4) is 0 Å². The predicted octanol–water partition coefficient (Wildman–Crippen LogP) is -1.92. The summed E-state index contributed by atoms with van der Waals surface area (Å²) in [7, 11) is 5.80. The molecule has 0 aromatic carbocycles. The highest BCUT2D eigenvalue weighted by Crippen LogP contribution is 2.10. The van der Waals surface area contributed by atoms with Gasteiger partial charge in [-0.15, -0.1) is 0 Å². The lowest BCUT2D eigenvalue weighted by Gasteiger charge is -2.24. The average molecular weight is 263 g/mol. The zero-order valence-electron chi connectivity index (χ0n) is 11.3. The largest absolute Gasteiger partial charge is 0.458 e. The van der Waals surface area contributed by atoms with E-state index in [-0.39, 0.29) is 6.61 Å². The number of hydrogen-bond donors (Lipinski definition) is 3. The van der Waals surface area contributed by atoms with E-state index in [1.165, 1.54) is 6.92 Å². The summed E-state index contributed by atoms with van der Waals surface area (Å²) in [6, 6.07) is 0. The quantitative estimate of drug-likeness (QED) is 0.366. The number of amides is 1. The molecule has 0 aromatic heterocycles. The molecule has 0 aliphatic heterocycles. The minimum absolute atomic E-state index is 0.152. The molecule has 7 nitrogen and oxygen atoms in total. The van der Waals surface area contributed by atoms with Crippen molar-refractivity contribution in [2.24, 2.45) is 11.7 Å². The number of hydrogen-bond acceptors (Lipinski definition) is 5. The first-order valence-electron chi connectivity index (χ1n) is 5.69. The Morgan fingerprint density at radius 3 is 2.11 bits per heavy atom. The highest BCUT2D eigenvalue weighted by molar-refractivity contribution is 5.81. The Morgan fingerprint density at radius 2 is 1.72 bits per heavy atom. The van der Waals surface area contributed by atoms with Crippen LogP contribution in [-0.2, 0) is 14.3 Å². The van der Waals surface area contributed by atoms with Gasteiger partial charge in [0.1, 0.15) is 19.3 Å². The van der Waals surface area contributed by atoms with Gasteiger partial charge in [0.2, 0.25) is 5.91 Å². The summed E-state index contributed by atoms with van der Waals surface area (Å²) in [5, 5.41) is 18.9. The third-order valence-corrected chi connectivity index (χ3v) is 2.54. The van der Waals surface area contributed by atoms with Crippen LogP contribution in [-0.4, -0.2) is 73.1 Å². The molecule has 7 heteroatoms. The van der Waals surface area contributed by atoms with E-state index in [4.69, 9.17) is 10.5 Å². The molecule has 0 saturated heterocycles. The maximum absolute atomic E-state index is 11.5. The fraction of sp³-hybridized carbons (Fsp3) is 0.818. The Balaban J connectivity index is 4.22. The van der Waals surface area contributed by atoms with Crippen LogP contribution in [0.5, 0.6) is 0 Å². The van der Waals surface area contributed by atoms with E-state index in [1.54, 1.807) is 0 Å². The number of nitrogens with zero attached hydrogens (tertiary/aromatic N) is 1. The summed E-state index contributed by atoms with van der Waals surface area (Å²) in [6.45, 7) is 2.09. The zero-order chi connectivity index (χ0) is 14.5. The van der Waals surface area contributed by atoms with Crippen molar-refractivity contribution in [1.29, 1.82) is 0 Å². The molecule has 4 N–H and O–H groups in total. The van der Waals surface area contributed by atoms with Crippen LogP contribution in [0.4, 0.5) is 0 Å². The molecule has 3 atom stereocenters. The number of carbonyl (C=O) groups excluding carboxylic acids is 2. The van der Waals surface area contributed by atoms with E-state index < -0.39 is 30.0 Å². The van der Waals surface area contributed by atoms with Crippen LogP contribution in [0.2, 0.25) is 0 Å². The molecular formula is C11H23N2O5+. The molecule has 0 spiro atoms. The summed E-state index contributed by atoms with van der Waals surface area (Å²) < 4.78 is 5.48. The van der Waals surface area contributed by atoms with Gasteiger partial charge in [-0.05, 0) is 0 Å². The summed E-state index contributed by atoms with van der Waals surface area (Å²) in [5.41, 5.74) is 4.88. The Labute approximate surface area is 107 Å². The van der Waals surface area contributed by atoms with E-state index in [1.807, 2.05) is 21.1 Å². The lowest BCUT2D eigenvalue weighted by Crippen LogP contribution is -2.44. The van der Waals surface area contributed by atoms with Crippen molar-refractivity contribution in [3.63, 3.8) is 0 Å². The standard InChI is InChI=1S/C11H22N2O5/c1-7(8(14)10(12)16)9(15)11(17)18-6-5-13(2,3)4/h7-9,14-15H,5-6H2,1-4H3,(H-,12,16)/p+1. The number of rotatable bonds is 7. The smallest absolute Gasteiger partial charge is 0.335 e. The van der Waals surface area contributed by atoms with Crippen LogP contribution in [0.25, 0.3) is 0 Å². The maximum Gasteiger partial charge on any atom is 0.335 e. The first-order valence-corrected chi connectivity index (χ1v) is 5.69. The lowest BCUT2D eigenvalue weighted by molar-refractivity contribution is -0.870. The fourth-order valence-corrected chi connectivity index (χ4v) is 1.15. The number of esters is 1. The Morgan fingerprint density at radius 1 is 1.22 bits per heavy atom. The fourth-order valence-electron chi connectivity index (χ4n) is 1.15. The van der Waals surface area contributed by atoms with E-state index in [0.717, 1.165) is 0 Å². The molecule has 3 unspecified atom stereocenters. The van der Waals surface area contributed by atoms with Crippen molar-refractivity contribution in [2.45, 2.75) is 19.1 Å². The van der Waals surface area contributed by atoms with Gasteiger partial charge in [-0.2, -0.15) is 0 Å². The average Bonchev–Trinajstić information content (AvgIpc) is 2.23. The molecule has 0 fully saturated rings. The second-order valence-electron chi connectivity index (χ2n) is 5.33. The maximum atomic E-state index is 11.5. The summed E-state index contributed by atoms with van der Waals surface area (Å²) in [4.78, 5) is 22.2. The minimum Gasteiger partial charge on any atom is -0.458 e. The molecule has 0 aliphatic rings. The topological polar surface area (TPSA) is 110 Å². The van der Waals surface area contributed by atoms with E-state index >= 15 is 0 Å². The van der Waals surface area contributed by atoms with Crippen LogP contribution in [0, 0.1) is 5.92 Å². The van der Waals surface area contributed by atoms with Gasteiger partial charge >= 0.3 is 5.97 Å². The molecule has 0 saturated carbocycles. The molecule has 0 rings (SSSR count). The van der Waals surface area contributed by atoms with E-state index in [0.29, 0.717) is 11.0 Å². The molecule has 106 valence electrons. The molecule has 0 radical (unpaired) electrons. The van der Waals surface area contributed by atoms with E-state index in [2.05, 4.69) is 0 Å². The van der Waals surface area contributed by atoms with Gasteiger partial charge in [-0.1, -0.05) is 6.92 Å². The highest BCUT2D eigenvalue weighted by atomic mass is 16.5. The summed E-state index contributed by atoms with van der Waals surface area (Å²) in [5.74, 6) is -2.85. The van der Waals surface area contributed by atoms with Gasteiger partial charge in [0, 0.05) is 5.92 Å². The highest BCUT2D eigenvalue weighted by Gasteiger charge is 2.32. The predicted molar refractivity (Wildman–Crippen MR) is 64.2 cm³/mol. The third-order valence-electron chi connectivity index (χ3n) is 2.54. The van der Waals surface area contributed by atoms with Gasteiger partial charge < -0.3 is 25.2 Å². The molecule has 1 amide bonds. The van der Waals surface area contributed by atoms with Gasteiger partial charge in [0.15, 0.2) is 6.10 Å². The first kappa shape index (κ1) is 16.8. The van der Waals surface area contributed by atoms with Gasteiger partial charge in [-0.3, -0.25) is 4.79 Å². The number of quaternary nitrogens is 1. The van der Waals surface area contributed by atoms with Gasteiger partial charge in [0.05, 0.1) is 21.1 Å². The SMILES string of the molecule is CC(C(O)C(N)=O)C(O)C(=O)OCC[N+](C)(C)C. The van der Waals surface area contributed by atoms with Gasteiger partial charge in [-0.25, -0.2) is 4.79 Å². The molecule has 0 aromatic rings. The summed E-state index contributed by atoms with van der Waals surface area (Å²) >= 11 is 0. The number of primary amides is 1. The lowest BCUT2D eigenvalue weighted by atomic mass is 9.98. The van der Waals surface area contributed by atoms with Crippen molar-refractivity contribution in [1.82, 2.24) is 0 Å². The normalized spacial score (nSPS) is 16.8. The van der Waals surface area contributed by atoms with Crippen molar-refractivity contribution in [3.8, 4) is 0 Å². The number of aliphatic hydroxyl groups is 2. The number of carbonyl (C=O) groups is 2. The molecule has 0 bridgehead atoms. The van der Waals surface area contributed by atoms with Gasteiger partial charge in [0.25, 0.3) is 0 Å². The van der Waals surface area contributed by atoms with E-state index in [9.17, 15) is 19.8 Å². The Kier molecular flexibility index (Phi) is 6.23. The van der Waals surface area contributed by atoms with Crippen molar-refractivity contribution in [3.05, 3.63) is 0 Å². The Bertz CT molecular complexity index is 300. The van der Waals surface area contributed by atoms with Crippen molar-refractivity contribution >= 4 is 11.9 Å². The van der Waals surface area contributed by atoms with Crippen molar-refractivity contribution in [2.75, 3.05) is 34.3 Å². The zero-order valence-corrected chi connectivity index (χ0v) is 11.3. The van der Waals surface area contributed by atoms with Crippen LogP contribution < -0.4 is 5.73 Å². The second kappa shape index (κ2) is 6.67. The minimum atomic E-state index is -1.58. The van der Waals surface area contributed by atoms with Crippen LogP contribution in [0.1, 0.15) is 6.92 Å². The Hall–Kier alpha value is -1.18. The third kappa shape index (κ3) is 5.95. The second-order valence-corrected chi connectivity index (χ2v) is 5.33.